The van der Waals surface area contributed by atoms with Gasteiger partial charge in [0.1, 0.15) is 0 Å². The van der Waals surface area contributed by atoms with Crippen molar-refractivity contribution in [1.29, 1.82) is 0 Å². The molecule has 0 aliphatic rings. The van der Waals surface area contributed by atoms with Crippen LogP contribution in [-0.4, -0.2) is 24.3 Å². The second-order valence-electron chi connectivity index (χ2n) is 2.27. The molecule has 0 aromatic rings. The zero-order valence-corrected chi connectivity index (χ0v) is 9.89. The van der Waals surface area contributed by atoms with E-state index in [1.54, 1.807) is 6.92 Å². The molecule has 2 unspecified atom stereocenters. The van der Waals surface area contributed by atoms with Crippen molar-refractivity contribution in [3.8, 4) is 0 Å². The van der Waals surface area contributed by atoms with Crippen LogP contribution < -0.4 is 35.3 Å². The van der Waals surface area contributed by atoms with Gasteiger partial charge in [-0.15, -0.1) is 0 Å². The van der Waals surface area contributed by atoms with Crippen molar-refractivity contribution in [2.45, 2.75) is 31.6 Å². The van der Waals surface area contributed by atoms with E-state index in [2.05, 4.69) is 0 Å². The van der Waals surface area contributed by atoms with E-state index in [0.29, 0.717) is 6.42 Å². The number of nitrogens with two attached hydrogens (primary N) is 1. The van der Waals surface area contributed by atoms with Gasteiger partial charge in [-0.1, -0.05) is 6.92 Å². The molecule has 0 radical (unpaired) electrons. The summed E-state index contributed by atoms with van der Waals surface area (Å²) in [5.41, 5.74) is 5.32. The maximum atomic E-state index is 10.3. The van der Waals surface area contributed by atoms with Gasteiger partial charge in [-0.3, -0.25) is 0 Å². The molecule has 0 aromatic carbocycles. The molecule has 11 heavy (non-hydrogen) atoms. The van der Waals surface area contributed by atoms with Gasteiger partial charge in [0.25, 0.3) is 0 Å². The SMILES string of the molecule is CCC(N)C(C)S(=O)(=O)[O-].[Na+]. The maximum Gasteiger partial charge on any atom is 1.00 e. The summed E-state index contributed by atoms with van der Waals surface area (Å²) in [6.07, 6.45) is 0.503. The third-order valence-electron chi connectivity index (χ3n) is 1.53. The molecule has 0 aliphatic heterocycles. The Morgan fingerprint density at radius 3 is 2.00 bits per heavy atom. The second-order valence-corrected chi connectivity index (χ2v) is 4.00. The van der Waals surface area contributed by atoms with Crippen molar-refractivity contribution in [2.24, 2.45) is 5.73 Å². The Bertz CT molecular complexity index is 192. The Morgan fingerprint density at radius 1 is 1.55 bits per heavy atom. The van der Waals surface area contributed by atoms with Crippen LogP contribution in [0.2, 0.25) is 0 Å². The molecular formula is C5H12NNaO3S. The third-order valence-corrected chi connectivity index (χ3v) is 2.79. The predicted molar refractivity (Wildman–Crippen MR) is 37.4 cm³/mol. The maximum absolute atomic E-state index is 10.3. The molecule has 2 N–H and O–H groups in total. The molecule has 0 amide bonds. The molecule has 2 atom stereocenters. The summed E-state index contributed by atoms with van der Waals surface area (Å²) in [7, 11) is -4.19. The van der Waals surface area contributed by atoms with Crippen molar-refractivity contribution in [1.82, 2.24) is 0 Å². The molecule has 0 aliphatic carbocycles. The van der Waals surface area contributed by atoms with E-state index in [1.165, 1.54) is 6.92 Å². The van der Waals surface area contributed by atoms with Crippen LogP contribution >= 0.6 is 0 Å². The van der Waals surface area contributed by atoms with Gasteiger partial charge < -0.3 is 10.3 Å². The Balaban J connectivity index is 0. The summed E-state index contributed by atoms with van der Waals surface area (Å²) in [5.74, 6) is 0. The Kier molecular flexibility index (Phi) is 7.20. The minimum atomic E-state index is -4.19. The first-order valence-corrected chi connectivity index (χ1v) is 4.57. The third kappa shape index (κ3) is 5.16. The average Bonchev–Trinajstić information content (AvgIpc) is 1.83. The fraction of sp³-hybridized carbons (Fsp3) is 1.00. The first kappa shape index (κ1) is 14.4. The average molecular weight is 189 g/mol. The van der Waals surface area contributed by atoms with Gasteiger partial charge in [0.05, 0.1) is 15.4 Å². The van der Waals surface area contributed by atoms with Crippen LogP contribution in [-0.2, 0) is 10.1 Å². The zero-order chi connectivity index (χ0) is 8.36. The van der Waals surface area contributed by atoms with Crippen molar-refractivity contribution in [3.63, 3.8) is 0 Å². The summed E-state index contributed by atoms with van der Waals surface area (Å²) >= 11 is 0. The summed E-state index contributed by atoms with van der Waals surface area (Å²) in [5, 5.41) is -0.975. The van der Waals surface area contributed by atoms with Gasteiger partial charge in [0.2, 0.25) is 0 Å². The van der Waals surface area contributed by atoms with E-state index in [-0.39, 0.29) is 29.6 Å². The molecule has 0 spiro atoms. The largest absolute Gasteiger partial charge is 1.00 e. The topological polar surface area (TPSA) is 83.2 Å². The number of hydrogen-bond acceptors (Lipinski definition) is 4. The Hall–Kier alpha value is 0.870. The molecular weight excluding hydrogens is 177 g/mol. The van der Waals surface area contributed by atoms with Crippen molar-refractivity contribution in [2.75, 3.05) is 0 Å². The van der Waals surface area contributed by atoms with Gasteiger partial charge in [-0.25, -0.2) is 8.42 Å². The zero-order valence-electron chi connectivity index (χ0n) is 7.07. The monoisotopic (exact) mass is 189 g/mol. The smallest absolute Gasteiger partial charge is 0.748 e. The van der Waals surface area contributed by atoms with Gasteiger partial charge in [0.15, 0.2) is 0 Å². The summed E-state index contributed by atoms with van der Waals surface area (Å²) < 4.78 is 30.9. The van der Waals surface area contributed by atoms with Crippen LogP contribution in [0.1, 0.15) is 20.3 Å². The first-order valence-electron chi connectivity index (χ1n) is 3.10. The molecule has 62 valence electrons. The molecule has 0 rings (SSSR count). The molecule has 4 nitrogen and oxygen atoms in total. The van der Waals surface area contributed by atoms with E-state index < -0.39 is 21.4 Å². The van der Waals surface area contributed by atoms with Crippen molar-refractivity contribution < 1.29 is 42.5 Å². The van der Waals surface area contributed by atoms with Crippen LogP contribution in [0.25, 0.3) is 0 Å². The van der Waals surface area contributed by atoms with Crippen LogP contribution in [0.4, 0.5) is 0 Å². The van der Waals surface area contributed by atoms with E-state index in [1.807, 2.05) is 0 Å². The summed E-state index contributed by atoms with van der Waals surface area (Å²) in [6, 6.07) is -0.539. The number of rotatable bonds is 3. The van der Waals surface area contributed by atoms with E-state index in [4.69, 9.17) is 5.73 Å². The molecule has 0 bridgehead atoms. The van der Waals surface area contributed by atoms with Gasteiger partial charge in [-0.2, -0.15) is 0 Å². The molecule has 0 fully saturated rings. The van der Waals surface area contributed by atoms with Gasteiger partial charge >= 0.3 is 29.6 Å². The number of hydrogen-bond donors (Lipinski definition) is 1. The van der Waals surface area contributed by atoms with E-state index >= 15 is 0 Å². The normalized spacial score (nSPS) is 16.7. The van der Waals surface area contributed by atoms with E-state index in [9.17, 15) is 13.0 Å². The molecule has 0 saturated carbocycles. The minimum absolute atomic E-state index is 0. The van der Waals surface area contributed by atoms with Crippen LogP contribution in [0.5, 0.6) is 0 Å². The first-order chi connectivity index (χ1) is 4.39. The predicted octanol–water partition coefficient (Wildman–Crippen LogP) is -3.34. The molecule has 0 saturated heterocycles. The molecule has 0 heterocycles. The fourth-order valence-corrected chi connectivity index (χ4v) is 1.17. The molecule has 6 heteroatoms. The quantitative estimate of drug-likeness (QED) is 0.371. The fourth-order valence-electron chi connectivity index (χ4n) is 0.546. The summed E-state index contributed by atoms with van der Waals surface area (Å²) in [6.45, 7) is 3.07. The van der Waals surface area contributed by atoms with Gasteiger partial charge in [-0.05, 0) is 13.3 Å². The standard InChI is InChI=1S/C5H13NO3S.Na/c1-3-5(6)4(2)10(7,8)9;/h4-5H,3,6H2,1-2H3,(H,7,8,9);/q;+1/p-1. The van der Waals surface area contributed by atoms with Crippen molar-refractivity contribution >= 4 is 10.1 Å². The van der Waals surface area contributed by atoms with Crippen LogP contribution in [0, 0.1) is 0 Å². The Morgan fingerprint density at radius 2 is 1.91 bits per heavy atom. The van der Waals surface area contributed by atoms with Crippen molar-refractivity contribution in [3.05, 3.63) is 0 Å². The van der Waals surface area contributed by atoms with Crippen LogP contribution in [0.15, 0.2) is 0 Å². The molecule has 0 aromatic heterocycles. The van der Waals surface area contributed by atoms with Crippen LogP contribution in [0.3, 0.4) is 0 Å². The summed E-state index contributed by atoms with van der Waals surface area (Å²) in [4.78, 5) is 0. The van der Waals surface area contributed by atoms with Gasteiger partial charge in [0, 0.05) is 6.04 Å². The minimum Gasteiger partial charge on any atom is -0.748 e. The Labute approximate surface area is 89.6 Å². The second kappa shape index (κ2) is 5.50. The van der Waals surface area contributed by atoms with E-state index in [0.717, 1.165) is 0 Å².